The van der Waals surface area contributed by atoms with Crippen molar-refractivity contribution in [3.63, 3.8) is 0 Å². The molecule has 0 aliphatic carbocycles. The summed E-state index contributed by atoms with van der Waals surface area (Å²) in [6.45, 7) is 0. The molecule has 0 aliphatic heterocycles. The van der Waals surface area contributed by atoms with Crippen LogP contribution in [0.5, 0.6) is 0 Å². The van der Waals surface area contributed by atoms with Gasteiger partial charge in [0.1, 0.15) is 0 Å². The number of hydrogen-bond donors (Lipinski definition) is 2. The van der Waals surface area contributed by atoms with E-state index < -0.39 is 6.16 Å². The topological polar surface area (TPSA) is 57.5 Å². The molecule has 0 bridgehead atoms. The summed E-state index contributed by atoms with van der Waals surface area (Å²) >= 11 is 0. The van der Waals surface area contributed by atoms with Crippen molar-refractivity contribution in [3.05, 3.63) is 0 Å². The van der Waals surface area contributed by atoms with Crippen LogP contribution in [0.1, 0.15) is 2.85 Å². The standard InChI is InChI=1S/CH2O3.2Na.2H/c2-1(3)4;;;;/h(H2,2,3,4);;;;/q;2*+1;2*-1. The maximum atomic E-state index is 8.56. The van der Waals surface area contributed by atoms with E-state index in [2.05, 4.69) is 0 Å². The summed E-state index contributed by atoms with van der Waals surface area (Å²) in [4.78, 5) is 8.56. The first-order valence-corrected chi connectivity index (χ1v) is 0.651. The minimum atomic E-state index is -1.83. The monoisotopic (exact) mass is 110 g/mol. The van der Waals surface area contributed by atoms with Gasteiger partial charge in [0.15, 0.2) is 0 Å². The Labute approximate surface area is 82.3 Å². The first-order chi connectivity index (χ1) is 1.73. The second kappa shape index (κ2) is 9.55. The van der Waals surface area contributed by atoms with Crippen LogP contribution >= 0.6 is 0 Å². The molecule has 0 aliphatic rings. The summed E-state index contributed by atoms with van der Waals surface area (Å²) in [7, 11) is 0. The van der Waals surface area contributed by atoms with Crippen molar-refractivity contribution in [3.8, 4) is 0 Å². The van der Waals surface area contributed by atoms with Crippen molar-refractivity contribution in [2.45, 2.75) is 0 Å². The van der Waals surface area contributed by atoms with Gasteiger partial charge in [0.25, 0.3) is 0 Å². The van der Waals surface area contributed by atoms with E-state index in [1.807, 2.05) is 0 Å². The average Bonchev–Trinajstić information content (AvgIpc) is 0.811. The molecule has 0 heterocycles. The first-order valence-electron chi connectivity index (χ1n) is 0.651. The zero-order chi connectivity index (χ0) is 3.58. The Balaban J connectivity index is -0.00000000750. The van der Waals surface area contributed by atoms with Gasteiger partial charge in [-0.2, -0.15) is 0 Å². The van der Waals surface area contributed by atoms with Gasteiger partial charge in [-0.05, 0) is 0 Å². The van der Waals surface area contributed by atoms with E-state index in [1.165, 1.54) is 0 Å². The summed E-state index contributed by atoms with van der Waals surface area (Å²) in [5.41, 5.74) is 0. The normalized spacial score (nSPS) is 4.00. The summed E-state index contributed by atoms with van der Waals surface area (Å²) in [6, 6.07) is 0. The van der Waals surface area contributed by atoms with Crippen LogP contribution in [0.25, 0.3) is 0 Å². The molecule has 2 N–H and O–H groups in total. The van der Waals surface area contributed by atoms with Crippen molar-refractivity contribution in [2.75, 3.05) is 0 Å². The van der Waals surface area contributed by atoms with E-state index >= 15 is 0 Å². The van der Waals surface area contributed by atoms with E-state index in [1.54, 1.807) is 0 Å². The third-order valence-electron chi connectivity index (χ3n) is 0. The summed E-state index contributed by atoms with van der Waals surface area (Å²) in [5, 5.41) is 13.9. The van der Waals surface area contributed by atoms with Crippen LogP contribution in [0, 0.1) is 0 Å². The van der Waals surface area contributed by atoms with E-state index in [9.17, 15) is 0 Å². The molecule has 5 heteroatoms. The fraction of sp³-hybridized carbons (Fsp3) is 0. The predicted octanol–water partition coefficient (Wildman–Crippen LogP) is -5.54. The molecule has 0 unspecified atom stereocenters. The molecule has 0 spiro atoms. The molecule has 0 saturated heterocycles. The largest absolute Gasteiger partial charge is 1.00 e. The molecule has 6 heavy (non-hydrogen) atoms. The van der Waals surface area contributed by atoms with Crippen LogP contribution in [0.3, 0.4) is 0 Å². The van der Waals surface area contributed by atoms with Crippen LogP contribution in [0.4, 0.5) is 4.79 Å². The fourth-order valence-electron chi connectivity index (χ4n) is 0. The minimum absolute atomic E-state index is 0. The number of carboxylic acid groups (broad SMARTS) is 2. The second-order valence-corrected chi connectivity index (χ2v) is 0.283. The SMILES string of the molecule is O=C(O)O.[H-].[H-].[Na+].[Na+]. The van der Waals surface area contributed by atoms with Crippen molar-refractivity contribution in [1.82, 2.24) is 0 Å². The van der Waals surface area contributed by atoms with E-state index in [0.717, 1.165) is 0 Å². The molecule has 3 nitrogen and oxygen atoms in total. The third kappa shape index (κ3) is 59.6. The second-order valence-electron chi connectivity index (χ2n) is 0.283. The first kappa shape index (κ1) is 15.7. The smallest absolute Gasteiger partial charge is 1.00 e. The van der Waals surface area contributed by atoms with E-state index in [4.69, 9.17) is 15.0 Å². The van der Waals surface area contributed by atoms with Gasteiger partial charge in [0, 0.05) is 0 Å². The molecule has 0 fully saturated rings. The van der Waals surface area contributed by atoms with Gasteiger partial charge in [0.2, 0.25) is 0 Å². The number of carbonyl (C=O) groups is 1. The molecule has 0 radical (unpaired) electrons. The molecule has 0 aromatic carbocycles. The molecule has 0 saturated carbocycles. The van der Waals surface area contributed by atoms with Gasteiger partial charge in [-0.1, -0.05) is 0 Å². The zero-order valence-electron chi connectivity index (χ0n) is 5.80. The van der Waals surface area contributed by atoms with Crippen molar-refractivity contribution in [1.29, 1.82) is 0 Å². The van der Waals surface area contributed by atoms with E-state index in [0.29, 0.717) is 0 Å². The number of rotatable bonds is 0. The fourth-order valence-corrected chi connectivity index (χ4v) is 0. The molecular weight excluding hydrogens is 106 g/mol. The van der Waals surface area contributed by atoms with Gasteiger partial charge < -0.3 is 13.1 Å². The van der Waals surface area contributed by atoms with Crippen LogP contribution in [-0.2, 0) is 0 Å². The molecule has 0 aromatic heterocycles. The van der Waals surface area contributed by atoms with Gasteiger partial charge in [-0.15, -0.1) is 0 Å². The van der Waals surface area contributed by atoms with Gasteiger partial charge in [0.05, 0.1) is 0 Å². The van der Waals surface area contributed by atoms with Gasteiger partial charge >= 0.3 is 65.3 Å². The Morgan fingerprint density at radius 3 is 1.33 bits per heavy atom. The molecule has 0 amide bonds. The minimum Gasteiger partial charge on any atom is -1.00 e. The van der Waals surface area contributed by atoms with Crippen molar-refractivity contribution < 1.29 is 77.0 Å². The van der Waals surface area contributed by atoms with E-state index in [-0.39, 0.29) is 62.0 Å². The Bertz CT molecular complexity index is 38.3. The Morgan fingerprint density at radius 1 is 1.33 bits per heavy atom. The van der Waals surface area contributed by atoms with Crippen LogP contribution < -0.4 is 59.1 Å². The Morgan fingerprint density at radius 2 is 1.33 bits per heavy atom. The van der Waals surface area contributed by atoms with Crippen LogP contribution in [-0.4, -0.2) is 16.4 Å². The third-order valence-corrected chi connectivity index (χ3v) is 0. The predicted molar refractivity (Wildman–Crippen MR) is 12.9 cm³/mol. The summed E-state index contributed by atoms with van der Waals surface area (Å²) in [5.74, 6) is 0. The van der Waals surface area contributed by atoms with Crippen molar-refractivity contribution in [2.24, 2.45) is 0 Å². The van der Waals surface area contributed by atoms with Crippen LogP contribution in [0.2, 0.25) is 0 Å². The Kier molecular flexibility index (Phi) is 25.0. The molecular formula is CH4Na2O3. The number of hydrogen-bond acceptors (Lipinski definition) is 1. The molecule has 0 aromatic rings. The summed E-state index contributed by atoms with van der Waals surface area (Å²) < 4.78 is 0. The Hall–Kier alpha value is 1.27. The molecule has 28 valence electrons. The van der Waals surface area contributed by atoms with Crippen molar-refractivity contribution >= 4 is 6.16 Å². The zero-order valence-corrected chi connectivity index (χ0v) is 7.80. The quantitative estimate of drug-likeness (QED) is 0.306. The molecule has 0 atom stereocenters. The van der Waals surface area contributed by atoms with Crippen LogP contribution in [0.15, 0.2) is 0 Å². The maximum Gasteiger partial charge on any atom is 1.00 e. The van der Waals surface area contributed by atoms with Gasteiger partial charge in [-0.25, -0.2) is 4.79 Å². The average molecular weight is 110 g/mol. The molecule has 0 rings (SSSR count). The van der Waals surface area contributed by atoms with Gasteiger partial charge in [-0.3, -0.25) is 0 Å². The summed E-state index contributed by atoms with van der Waals surface area (Å²) in [6.07, 6.45) is -1.83. The maximum absolute atomic E-state index is 8.56.